The third-order valence-electron chi connectivity index (χ3n) is 1.45. The van der Waals surface area contributed by atoms with Crippen molar-refractivity contribution in [2.45, 2.75) is 0 Å². The number of hydrogen-bond acceptors (Lipinski definition) is 4. The quantitative estimate of drug-likeness (QED) is 0.376. The van der Waals surface area contributed by atoms with Crippen molar-refractivity contribution in [2.24, 2.45) is 0 Å². The van der Waals surface area contributed by atoms with Crippen molar-refractivity contribution in [3.05, 3.63) is 37.4 Å². The normalized spacial score (nSPS) is 8.57. The molecule has 0 spiro atoms. The molecule has 2 aromatic rings. The molecule has 0 amide bonds. The summed E-state index contributed by atoms with van der Waals surface area (Å²) in [5.41, 5.74) is 0. The van der Waals surface area contributed by atoms with E-state index >= 15 is 0 Å². The number of rotatable bonds is 0. The summed E-state index contributed by atoms with van der Waals surface area (Å²) in [5, 5.41) is 0.644. The summed E-state index contributed by atoms with van der Waals surface area (Å²) in [6.07, 6.45) is 10.3. The van der Waals surface area contributed by atoms with Crippen LogP contribution in [0.5, 0.6) is 0 Å². The van der Waals surface area contributed by atoms with E-state index < -0.39 is 0 Å². The molecule has 0 fully saturated rings. The van der Waals surface area contributed by atoms with Gasteiger partial charge in [-0.15, -0.1) is 0 Å². The smallest absolute Gasteiger partial charge is 0.870 e. The van der Waals surface area contributed by atoms with E-state index in [1.54, 1.807) is 46.6 Å². The van der Waals surface area contributed by atoms with E-state index in [4.69, 9.17) is 12.2 Å². The van der Waals surface area contributed by atoms with Gasteiger partial charge in [0, 0.05) is 24.8 Å². The number of imidazole rings is 2. The van der Waals surface area contributed by atoms with Gasteiger partial charge in [0.25, 0.3) is 0 Å². The molecule has 0 aliphatic rings. The maximum absolute atomic E-state index is 5.14. The van der Waals surface area contributed by atoms with Crippen molar-refractivity contribution in [2.75, 3.05) is 0 Å². The average Bonchev–Trinajstić information content (AvgIpc) is 2.77. The Morgan fingerprint density at radius 3 is 1.71 bits per heavy atom. The maximum atomic E-state index is 5.14. The van der Waals surface area contributed by atoms with Crippen LogP contribution in [-0.2, 0) is 0 Å². The average molecular weight is 234 g/mol. The second kappa shape index (κ2) is 6.56. The summed E-state index contributed by atoms with van der Waals surface area (Å²) in [4.78, 5) is 7.79. The van der Waals surface area contributed by atoms with Gasteiger partial charge in [-0.3, -0.25) is 9.13 Å². The van der Waals surface area contributed by atoms with Crippen LogP contribution in [0.4, 0.5) is 0 Å². The summed E-state index contributed by atoms with van der Waals surface area (Å²) in [6.45, 7) is 0. The van der Waals surface area contributed by atoms with Gasteiger partial charge in [-0.25, -0.2) is 9.97 Å². The second-order valence-corrected chi connectivity index (χ2v) is 2.59. The van der Waals surface area contributed by atoms with Crippen LogP contribution >= 0.6 is 12.2 Å². The molecule has 2 aromatic heterocycles. The van der Waals surface area contributed by atoms with Gasteiger partial charge in [0.05, 0.1) is 0 Å². The molecule has 5 nitrogen and oxygen atoms in total. The molecule has 0 bridgehead atoms. The molecular formula is C7H7KN4OS. The van der Waals surface area contributed by atoms with Gasteiger partial charge >= 0.3 is 51.4 Å². The molecule has 7 heteroatoms. The number of thiocarbonyl (C=S) groups is 1. The summed E-state index contributed by atoms with van der Waals surface area (Å²) < 4.78 is 3.49. The van der Waals surface area contributed by atoms with Crippen molar-refractivity contribution in [3.8, 4) is 0 Å². The van der Waals surface area contributed by atoms with Gasteiger partial charge in [0.15, 0.2) is 5.11 Å². The Bertz CT molecular complexity index is 336. The minimum absolute atomic E-state index is 0. The second-order valence-electron chi connectivity index (χ2n) is 2.22. The Morgan fingerprint density at radius 2 is 1.43 bits per heavy atom. The Balaban J connectivity index is 0.000000845. The molecular weight excluding hydrogens is 227 g/mol. The van der Waals surface area contributed by atoms with Gasteiger partial charge in [0.2, 0.25) is 0 Å². The standard InChI is InChI=1S/C7H6N4S.K.H2O/c12-7(10-3-1-8-5-10)11-4-2-9-6-11;;/h1-6H;;1H2/q;+1;/p-1. The molecule has 0 aromatic carbocycles. The first kappa shape index (κ1) is 14.1. The first-order valence-electron chi connectivity index (χ1n) is 3.38. The fourth-order valence-corrected chi connectivity index (χ4v) is 1.09. The van der Waals surface area contributed by atoms with Crippen LogP contribution < -0.4 is 51.4 Å². The summed E-state index contributed by atoms with van der Waals surface area (Å²) in [7, 11) is 0. The van der Waals surface area contributed by atoms with Crippen LogP contribution in [-0.4, -0.2) is 29.7 Å². The van der Waals surface area contributed by atoms with Crippen LogP contribution in [0.15, 0.2) is 37.4 Å². The van der Waals surface area contributed by atoms with Crippen molar-refractivity contribution < 1.29 is 56.9 Å². The van der Waals surface area contributed by atoms with E-state index in [0.717, 1.165) is 0 Å². The molecule has 0 atom stereocenters. The van der Waals surface area contributed by atoms with E-state index in [9.17, 15) is 0 Å². The van der Waals surface area contributed by atoms with E-state index in [-0.39, 0.29) is 56.9 Å². The maximum Gasteiger partial charge on any atom is 1.00 e. The summed E-state index contributed by atoms with van der Waals surface area (Å²) in [5.74, 6) is 0. The van der Waals surface area contributed by atoms with E-state index in [1.807, 2.05) is 0 Å². The first-order chi connectivity index (χ1) is 5.88. The van der Waals surface area contributed by atoms with Gasteiger partial charge in [0.1, 0.15) is 12.7 Å². The van der Waals surface area contributed by atoms with Crippen LogP contribution in [0.3, 0.4) is 0 Å². The van der Waals surface area contributed by atoms with Gasteiger partial charge < -0.3 is 5.48 Å². The van der Waals surface area contributed by atoms with Gasteiger partial charge in [-0.1, -0.05) is 0 Å². The monoisotopic (exact) mass is 234 g/mol. The molecule has 0 unspecified atom stereocenters. The Labute approximate surface area is 129 Å². The molecule has 68 valence electrons. The zero-order valence-electron chi connectivity index (χ0n) is 7.61. The number of aromatic nitrogens is 4. The predicted octanol–water partition coefficient (Wildman–Crippen LogP) is -2.41. The molecule has 0 saturated heterocycles. The van der Waals surface area contributed by atoms with Crippen molar-refractivity contribution in [1.82, 2.24) is 19.1 Å². The number of nitrogens with zero attached hydrogens (tertiary/aromatic N) is 4. The van der Waals surface area contributed by atoms with Gasteiger partial charge in [-0.05, 0) is 12.2 Å². The SMILES string of the molecule is S=C(n1ccnc1)n1ccnc1.[K+].[OH-]. The third kappa shape index (κ3) is 3.06. The predicted molar refractivity (Wildman–Crippen MR) is 49.8 cm³/mol. The van der Waals surface area contributed by atoms with Crippen LogP contribution in [0.1, 0.15) is 0 Å². The minimum Gasteiger partial charge on any atom is -0.870 e. The van der Waals surface area contributed by atoms with Crippen molar-refractivity contribution in [3.63, 3.8) is 0 Å². The molecule has 2 heterocycles. The Hall–Kier alpha value is 0.106. The largest absolute Gasteiger partial charge is 1.00 e. The zero-order chi connectivity index (χ0) is 8.39. The Morgan fingerprint density at radius 1 is 1.00 bits per heavy atom. The molecule has 0 radical (unpaired) electrons. The zero-order valence-corrected chi connectivity index (χ0v) is 11.5. The number of hydrogen-bond donors (Lipinski definition) is 0. The topological polar surface area (TPSA) is 65.6 Å². The molecule has 0 aliphatic carbocycles. The van der Waals surface area contributed by atoms with E-state index in [1.165, 1.54) is 0 Å². The van der Waals surface area contributed by atoms with Crippen molar-refractivity contribution in [1.29, 1.82) is 0 Å². The Kier molecular flexibility index (Phi) is 6.61. The van der Waals surface area contributed by atoms with Crippen molar-refractivity contribution >= 4 is 17.3 Å². The van der Waals surface area contributed by atoms with E-state index in [0.29, 0.717) is 5.11 Å². The molecule has 2 rings (SSSR count). The van der Waals surface area contributed by atoms with Crippen LogP contribution in [0.25, 0.3) is 0 Å². The van der Waals surface area contributed by atoms with Gasteiger partial charge in [-0.2, -0.15) is 0 Å². The minimum atomic E-state index is 0. The summed E-state index contributed by atoms with van der Waals surface area (Å²) >= 11 is 5.14. The third-order valence-corrected chi connectivity index (χ3v) is 1.87. The first-order valence-corrected chi connectivity index (χ1v) is 3.79. The summed E-state index contributed by atoms with van der Waals surface area (Å²) in [6, 6.07) is 0. The molecule has 0 aliphatic heterocycles. The molecule has 14 heavy (non-hydrogen) atoms. The molecule has 1 N–H and O–H groups in total. The van der Waals surface area contributed by atoms with Crippen LogP contribution in [0.2, 0.25) is 0 Å². The van der Waals surface area contributed by atoms with Crippen LogP contribution in [0, 0.1) is 0 Å². The molecule has 0 saturated carbocycles. The van der Waals surface area contributed by atoms with E-state index in [2.05, 4.69) is 9.97 Å². The fraction of sp³-hybridized carbons (Fsp3) is 0. The fourth-order valence-electron chi connectivity index (χ4n) is 0.878.